The van der Waals surface area contributed by atoms with E-state index in [-0.39, 0.29) is 139 Å². The largest absolute Gasteiger partial charge is 0.492 e. The lowest BCUT2D eigenvalue weighted by Gasteiger charge is -2.31. The zero-order chi connectivity index (χ0) is 68.9. The van der Waals surface area contributed by atoms with Gasteiger partial charge in [0.15, 0.2) is 12.3 Å². The van der Waals surface area contributed by atoms with Crippen molar-refractivity contribution in [1.82, 2.24) is 4.73 Å². The number of allylic oxidation sites excluding steroid dienone is 6. The molecule has 94 heavy (non-hydrogen) atoms. The van der Waals surface area contributed by atoms with Gasteiger partial charge < -0.3 is 57.8 Å². The number of hydrogen-bond donors (Lipinski definition) is 7. The average Bonchev–Trinajstić information content (AvgIpc) is 1.53. The van der Waals surface area contributed by atoms with E-state index in [1.807, 2.05) is 11.8 Å². The van der Waals surface area contributed by atoms with Crippen LogP contribution in [-0.2, 0) is 104 Å². The van der Waals surface area contributed by atoms with Crippen LogP contribution < -0.4 is 9.74 Å². The summed E-state index contributed by atoms with van der Waals surface area (Å²) in [5.41, 5.74) is -0.133. The summed E-state index contributed by atoms with van der Waals surface area (Å²) in [4.78, 5) is 15.6. The molecule has 7 N–H and O–H groups in total. The van der Waals surface area contributed by atoms with Crippen LogP contribution in [0.2, 0.25) is 0 Å². The van der Waals surface area contributed by atoms with E-state index >= 15 is 0 Å². The third kappa shape index (κ3) is 18.8. The highest BCUT2D eigenvalue weighted by Gasteiger charge is 2.50. The highest BCUT2D eigenvalue weighted by molar-refractivity contribution is 7.87. The Hall–Kier alpha value is -6.33. The fourth-order valence-corrected chi connectivity index (χ4v) is 14.5. The van der Waals surface area contributed by atoms with E-state index in [1.54, 1.807) is 55.1 Å². The van der Waals surface area contributed by atoms with Crippen LogP contribution in [0.5, 0.6) is 11.8 Å². The Morgan fingerprint density at radius 1 is 0.532 bits per heavy atom. The Bertz CT molecular complexity index is 4260. The normalized spacial score (nSPS) is 17.7. The first-order valence-corrected chi connectivity index (χ1v) is 36.4. The number of rotatable bonds is 39. The first-order valence-electron chi connectivity index (χ1n) is 29.1. The van der Waals surface area contributed by atoms with Crippen molar-refractivity contribution in [3.63, 3.8) is 0 Å². The van der Waals surface area contributed by atoms with E-state index in [1.165, 1.54) is 25.3 Å². The van der Waals surface area contributed by atoms with Crippen molar-refractivity contribution in [2.24, 2.45) is 0 Å². The number of benzene rings is 4. The summed E-state index contributed by atoms with van der Waals surface area (Å²) in [5.74, 6) is -2.46. The highest BCUT2D eigenvalue weighted by Crippen LogP contribution is 2.54. The number of carbonyl (C=O) groups excluding carboxylic acids is 1. The van der Waals surface area contributed by atoms with Gasteiger partial charge in [0.2, 0.25) is 17.4 Å². The van der Waals surface area contributed by atoms with Crippen LogP contribution in [-0.4, -0.2) is 222 Å². The number of nitrogens with zero attached hydrogens (tertiary/aromatic N) is 3. The van der Waals surface area contributed by atoms with Gasteiger partial charge in [-0.3, -0.25) is 22.8 Å². The van der Waals surface area contributed by atoms with Gasteiger partial charge in [0.25, 0.3) is 50.6 Å². The fraction of sp³-hybridized carbons (Fsp3) is 0.458. The maximum absolute atomic E-state index is 13.1. The van der Waals surface area contributed by atoms with Crippen molar-refractivity contribution in [1.29, 1.82) is 0 Å². The Kier molecular flexibility index (Phi) is 25.7. The van der Waals surface area contributed by atoms with Crippen LogP contribution in [0, 0.1) is 0 Å². The number of hydrogen-bond acceptors (Lipinski definition) is 23. The molecule has 0 spiro atoms. The molecule has 2 atom stereocenters. The monoisotopic (exact) mass is 1420 g/mol. The summed E-state index contributed by atoms with van der Waals surface area (Å²) < 4.78 is 226. The molecule has 4 aromatic carbocycles. The van der Waals surface area contributed by atoms with Gasteiger partial charge in [-0.25, -0.2) is 4.79 Å². The minimum absolute atomic E-state index is 0.0197. The number of ether oxygens (including phenoxy) is 8. The molecule has 3 heterocycles. The van der Waals surface area contributed by atoms with E-state index in [0.717, 1.165) is 24.3 Å². The molecular weight excluding hydrogens is 1340 g/mol. The summed E-state index contributed by atoms with van der Waals surface area (Å²) in [6, 6.07) is 11.6. The molecule has 5 aromatic rings. The third-order valence-corrected chi connectivity index (χ3v) is 19.8. The zero-order valence-electron chi connectivity index (χ0n) is 51.7. The Morgan fingerprint density at radius 2 is 1.03 bits per heavy atom. The molecule has 7 rings (SSSR count). The maximum atomic E-state index is 13.1. The second kappa shape index (κ2) is 32.1. The number of carbonyl (C=O) groups is 1. The van der Waals surface area contributed by atoms with Gasteiger partial charge in [-0.2, -0.15) is 46.7 Å². The van der Waals surface area contributed by atoms with Crippen LogP contribution in [0.15, 0.2) is 116 Å². The summed E-state index contributed by atoms with van der Waals surface area (Å²) in [6.45, 7) is 5.74. The first-order chi connectivity index (χ1) is 44.3. The lowest BCUT2D eigenvalue weighted by molar-refractivity contribution is -0.441. The predicted octanol–water partition coefficient (Wildman–Crippen LogP) is 4.82. The number of methoxy groups -OCH3 is 2. The highest BCUT2D eigenvalue weighted by atomic mass is 32.2. The molecule has 1 aromatic heterocycles. The lowest BCUT2D eigenvalue weighted by atomic mass is 9.74. The van der Waals surface area contributed by atoms with Gasteiger partial charge in [0.05, 0.1) is 107 Å². The van der Waals surface area contributed by atoms with Gasteiger partial charge in [-0.05, 0) is 91.9 Å². The van der Waals surface area contributed by atoms with Crippen LogP contribution in [0.3, 0.4) is 0 Å². The summed E-state index contributed by atoms with van der Waals surface area (Å²) in [5, 5.41) is 19.2. The van der Waals surface area contributed by atoms with Gasteiger partial charge in [0, 0.05) is 84.8 Å². The van der Waals surface area contributed by atoms with E-state index in [9.17, 15) is 79.9 Å². The molecule has 2 aliphatic heterocycles. The fourth-order valence-electron chi connectivity index (χ4n) is 11.3. The van der Waals surface area contributed by atoms with Gasteiger partial charge in [-0.1, -0.05) is 24.3 Å². The molecule has 0 amide bonds. The quantitative estimate of drug-likeness (QED) is 0.0120. The number of anilines is 1. The third-order valence-electron chi connectivity index (χ3n) is 15.5. The number of aromatic nitrogens is 1. The minimum Gasteiger partial charge on any atom is -0.492 e. The van der Waals surface area contributed by atoms with Gasteiger partial charge in [0.1, 0.15) is 16.4 Å². The van der Waals surface area contributed by atoms with Crippen molar-refractivity contribution in [2.45, 2.75) is 69.9 Å². The van der Waals surface area contributed by atoms with Gasteiger partial charge >= 0.3 is 5.97 Å². The summed E-state index contributed by atoms with van der Waals surface area (Å²) in [7, 11) is -22.1. The van der Waals surface area contributed by atoms with E-state index in [0.29, 0.717) is 65.0 Å². The van der Waals surface area contributed by atoms with Gasteiger partial charge in [-0.15, -0.1) is 4.73 Å². The average molecular weight is 1420 g/mol. The number of fused-ring (bicyclic) bond motifs is 6. The molecule has 0 radical (unpaired) electrons. The Labute approximate surface area is 544 Å². The van der Waals surface area contributed by atoms with Crippen LogP contribution in [0.25, 0.3) is 21.5 Å². The minimum atomic E-state index is -5.15. The Morgan fingerprint density at radius 3 is 1.55 bits per heavy atom. The standard InChI is InChI=1S/C59H75N3O27S5/c1-58(18-8-36-90(66,67)68)51(60(20-24-81-3)47-13-11-43-45(56(47)58)37-41(91(69,70)71)39-49(43)93(75,76)77)9-6-5-7-10-52-59(2,19-23-84-29-32-88-35-34-86-27-26-82-4)57-46-38-42(92(72,73)74)40-50(94(78,79)80)44(46)12-14-48(57)61(52)21-25-85-30-33-87-31-28-83-22-17-55(65)89-62-53(63)15-16-54(62)64/h5-7,9-16,37-40H,8,17-36H2,1-4H3,(H6-,63,64,66,67,68,69,70,71,72,73,74,75,76,77,78,79,80)/p+1. The Balaban J connectivity index is 1.25. The summed E-state index contributed by atoms with van der Waals surface area (Å²) in [6.07, 6.45) is 7.99. The molecule has 2 unspecified atom stereocenters. The zero-order valence-corrected chi connectivity index (χ0v) is 55.8. The van der Waals surface area contributed by atoms with Crippen LogP contribution >= 0.6 is 0 Å². The molecule has 2 aliphatic rings. The molecule has 0 saturated carbocycles. The molecule has 35 heteroatoms. The second-order valence-electron chi connectivity index (χ2n) is 21.9. The molecule has 0 bridgehead atoms. The summed E-state index contributed by atoms with van der Waals surface area (Å²) >= 11 is 0. The lowest BCUT2D eigenvalue weighted by Crippen LogP contribution is -2.32. The van der Waals surface area contributed by atoms with Crippen molar-refractivity contribution in [2.75, 3.05) is 130 Å². The smallest absolute Gasteiger partial charge is 0.335 e. The van der Waals surface area contributed by atoms with Crippen molar-refractivity contribution in [3.8, 4) is 11.8 Å². The van der Waals surface area contributed by atoms with E-state index < -0.39 is 104 Å². The molecule has 30 nitrogen and oxygen atoms in total. The predicted molar refractivity (Wildman–Crippen MR) is 338 cm³/mol. The maximum Gasteiger partial charge on any atom is 0.335 e. The topological polar surface area (TPSA) is 424 Å². The first kappa shape index (κ1) is 75.1. The van der Waals surface area contributed by atoms with E-state index in [4.69, 9.17) is 42.7 Å². The molecular formula is C59H76N3O27S5+. The van der Waals surface area contributed by atoms with Crippen molar-refractivity contribution < 1.29 is 127 Å². The van der Waals surface area contributed by atoms with Crippen LogP contribution in [0.1, 0.15) is 50.7 Å². The molecule has 0 aliphatic carbocycles. The second-order valence-corrected chi connectivity index (χ2v) is 29.1. The SMILES string of the molecule is COCCOCCOCCOCCC1(C)C(=CC=CC=CC2=[N+](CCOC)c3ccc4c(S(=O)(=O)O)cc(S(=O)(=O)O)cc4c3C2(C)CCCS(=O)(=O)O)N(CCOCCOCCOCCC(=O)On2c(O)ccc2O)c2ccc3c(S(=O)(=O)O)cc(S(=O)(=O)O)cc3c21. The van der Waals surface area contributed by atoms with Crippen molar-refractivity contribution in [3.05, 3.63) is 108 Å². The molecule has 0 saturated heterocycles. The number of aromatic hydroxyl groups is 2. The molecule has 0 fully saturated rings. The van der Waals surface area contributed by atoms with Crippen molar-refractivity contribution >= 4 is 95.2 Å². The molecule has 518 valence electrons. The van der Waals surface area contributed by atoms with Crippen LogP contribution in [0.4, 0.5) is 11.4 Å². The van der Waals surface area contributed by atoms with E-state index in [2.05, 4.69) is 0 Å².